The number of allylic oxidation sites excluding steroid dienone is 5. The predicted octanol–water partition coefficient (Wildman–Crippen LogP) is 10.2. The molecule has 190 valence electrons. The van der Waals surface area contributed by atoms with Crippen LogP contribution in [0.25, 0.3) is 5.57 Å². The van der Waals surface area contributed by atoms with Crippen LogP contribution >= 0.6 is 0 Å². The zero-order valence-corrected chi connectivity index (χ0v) is 23.2. The summed E-state index contributed by atoms with van der Waals surface area (Å²) in [5.74, 6) is 3.65. The molecule has 0 radical (unpaired) electrons. The van der Waals surface area contributed by atoms with Gasteiger partial charge in [-0.3, -0.25) is 0 Å². The van der Waals surface area contributed by atoms with Crippen LogP contribution in [0, 0.1) is 25.2 Å². The molecular weight excluding hydrogens is 432 g/mol. The molecule has 0 aliphatic heterocycles. The predicted molar refractivity (Wildman–Crippen MR) is 159 cm³/mol. The van der Waals surface area contributed by atoms with Crippen molar-refractivity contribution in [2.45, 2.75) is 98.3 Å². The Morgan fingerprint density at radius 3 is 2.31 bits per heavy atom. The number of hydrogen-bond acceptors (Lipinski definition) is 0. The smallest absolute Gasteiger partial charge is 0.00461 e. The number of aryl methyl sites for hydroxylation is 2. The van der Waals surface area contributed by atoms with E-state index in [1.807, 2.05) is 6.08 Å². The van der Waals surface area contributed by atoms with E-state index in [1.54, 1.807) is 0 Å². The molecule has 0 atom stereocenters. The van der Waals surface area contributed by atoms with E-state index >= 15 is 0 Å². The lowest BCUT2D eigenvalue weighted by molar-refractivity contribution is 0.546. The molecule has 1 saturated carbocycles. The molecule has 0 nitrogen and oxygen atoms in total. The lowest BCUT2D eigenvalue weighted by Gasteiger charge is -2.18. The van der Waals surface area contributed by atoms with Gasteiger partial charge in [0.05, 0.1) is 0 Å². The van der Waals surface area contributed by atoms with E-state index in [1.165, 1.54) is 95.9 Å². The highest BCUT2D eigenvalue weighted by atomic mass is 14.3. The Morgan fingerprint density at radius 1 is 0.972 bits per heavy atom. The molecule has 0 amide bonds. The Hall–Kier alpha value is -2.78. The number of hydrogen-bond donors (Lipinski definition) is 0. The zero-order valence-electron chi connectivity index (χ0n) is 23.2. The Kier molecular flexibility index (Phi) is 11.4. The van der Waals surface area contributed by atoms with Crippen LogP contribution in [0.4, 0.5) is 0 Å². The lowest BCUT2D eigenvalue weighted by Crippen LogP contribution is -2.00. The second-order valence-corrected chi connectivity index (χ2v) is 10.5. The third-order valence-corrected chi connectivity index (χ3v) is 7.59. The van der Waals surface area contributed by atoms with Gasteiger partial charge in [-0.2, -0.15) is 0 Å². The van der Waals surface area contributed by atoms with Crippen LogP contribution in [-0.2, 0) is 12.8 Å². The van der Waals surface area contributed by atoms with Crippen molar-refractivity contribution in [1.82, 2.24) is 0 Å². The summed E-state index contributed by atoms with van der Waals surface area (Å²) >= 11 is 0. The van der Waals surface area contributed by atoms with Crippen molar-refractivity contribution in [1.29, 1.82) is 0 Å². The molecule has 4 rings (SSSR count). The first-order valence-corrected chi connectivity index (χ1v) is 14.3. The van der Waals surface area contributed by atoms with E-state index in [-0.39, 0.29) is 0 Å². The number of rotatable bonds is 7. The molecule has 2 aliphatic carbocycles. The molecule has 0 spiro atoms. The van der Waals surface area contributed by atoms with Crippen LogP contribution in [0.2, 0.25) is 0 Å². The van der Waals surface area contributed by atoms with Gasteiger partial charge in [0.1, 0.15) is 0 Å². The van der Waals surface area contributed by atoms with Gasteiger partial charge in [-0.25, -0.2) is 0 Å². The summed E-state index contributed by atoms with van der Waals surface area (Å²) in [4.78, 5) is 0. The molecule has 1 fully saturated rings. The molecule has 2 aromatic carbocycles. The highest BCUT2D eigenvalue weighted by Crippen LogP contribution is 2.39. The topological polar surface area (TPSA) is 0 Å². The largest absolute Gasteiger partial charge is 0.115 e. The van der Waals surface area contributed by atoms with Crippen LogP contribution in [0.5, 0.6) is 0 Å². The summed E-state index contributed by atoms with van der Waals surface area (Å²) in [7, 11) is 0. The normalized spacial score (nSPS) is 16.4. The number of unbranched alkanes of at least 4 members (excludes halogenated alkanes) is 2. The standard InChI is InChI=1S/C31H34.C5H12/c1-4-9-26(10-5-2)29-14-8-13-28-21-23(3)15-20-30(28)31(29)27-18-16-25(17-19-27)22-24-11-6-7-12-24;1-3-5-4-2/h1,5,9-10,15-21,24H,6-8,11-14,22H2,2-3H3;3-5H2,1-2H3/b10-5-,26-9+;. The molecule has 0 unspecified atom stereocenters. The Balaban J connectivity index is 0.000000658. The average molecular weight is 479 g/mol. The number of terminal acetylenes is 1. The molecular formula is C36H46. The summed E-state index contributed by atoms with van der Waals surface area (Å²) < 4.78 is 0. The van der Waals surface area contributed by atoms with Gasteiger partial charge in [-0.05, 0) is 90.5 Å². The van der Waals surface area contributed by atoms with E-state index < -0.39 is 0 Å². The van der Waals surface area contributed by atoms with Crippen LogP contribution < -0.4 is 0 Å². The Bertz CT molecular complexity index is 1090. The third-order valence-electron chi connectivity index (χ3n) is 7.59. The van der Waals surface area contributed by atoms with Crippen LogP contribution in [-0.4, -0.2) is 0 Å². The quantitative estimate of drug-likeness (QED) is 0.274. The van der Waals surface area contributed by atoms with Crippen molar-refractivity contribution < 1.29 is 0 Å². The summed E-state index contributed by atoms with van der Waals surface area (Å²) in [6.07, 6.45) is 26.1. The van der Waals surface area contributed by atoms with Gasteiger partial charge in [-0.15, -0.1) is 6.42 Å². The van der Waals surface area contributed by atoms with Gasteiger partial charge in [0.25, 0.3) is 0 Å². The number of fused-ring (bicyclic) bond motifs is 1. The van der Waals surface area contributed by atoms with E-state index in [4.69, 9.17) is 6.42 Å². The summed E-state index contributed by atoms with van der Waals surface area (Å²) in [6, 6.07) is 16.3. The minimum atomic E-state index is 0.877. The monoisotopic (exact) mass is 478 g/mol. The minimum absolute atomic E-state index is 0.877. The summed E-state index contributed by atoms with van der Waals surface area (Å²) in [6.45, 7) is 8.68. The summed E-state index contributed by atoms with van der Waals surface area (Å²) in [5, 5.41) is 0. The van der Waals surface area contributed by atoms with Crippen molar-refractivity contribution in [3.63, 3.8) is 0 Å². The van der Waals surface area contributed by atoms with Crippen molar-refractivity contribution in [2.24, 2.45) is 5.92 Å². The van der Waals surface area contributed by atoms with Crippen LogP contribution in [0.15, 0.2) is 71.8 Å². The van der Waals surface area contributed by atoms with Crippen molar-refractivity contribution >= 4 is 5.57 Å². The second kappa shape index (κ2) is 14.7. The highest BCUT2D eigenvalue weighted by Gasteiger charge is 2.21. The zero-order chi connectivity index (χ0) is 25.8. The van der Waals surface area contributed by atoms with Crippen LogP contribution in [0.1, 0.15) is 106 Å². The van der Waals surface area contributed by atoms with Crippen LogP contribution in [0.3, 0.4) is 0 Å². The van der Waals surface area contributed by atoms with Gasteiger partial charge in [-0.1, -0.05) is 125 Å². The molecule has 2 aliphatic rings. The Labute approximate surface area is 221 Å². The molecule has 36 heavy (non-hydrogen) atoms. The van der Waals surface area contributed by atoms with Gasteiger partial charge >= 0.3 is 0 Å². The number of benzene rings is 2. The second-order valence-electron chi connectivity index (χ2n) is 10.5. The minimum Gasteiger partial charge on any atom is -0.115 e. The molecule has 0 N–H and O–H groups in total. The maximum atomic E-state index is 5.72. The van der Waals surface area contributed by atoms with Crippen molar-refractivity contribution in [3.05, 3.63) is 99.7 Å². The fraction of sp³-hybridized carbons (Fsp3) is 0.444. The Morgan fingerprint density at radius 2 is 1.69 bits per heavy atom. The van der Waals surface area contributed by atoms with E-state index in [9.17, 15) is 0 Å². The van der Waals surface area contributed by atoms with Gasteiger partial charge in [0, 0.05) is 0 Å². The lowest BCUT2D eigenvalue weighted by atomic mass is 9.86. The maximum Gasteiger partial charge on any atom is -0.00461 e. The molecule has 2 aromatic rings. The summed E-state index contributed by atoms with van der Waals surface area (Å²) in [5.41, 5.74) is 10.9. The fourth-order valence-electron chi connectivity index (χ4n) is 5.75. The highest BCUT2D eigenvalue weighted by molar-refractivity contribution is 5.87. The van der Waals surface area contributed by atoms with Crippen molar-refractivity contribution in [3.8, 4) is 12.3 Å². The van der Waals surface area contributed by atoms with E-state index in [0.29, 0.717) is 0 Å². The van der Waals surface area contributed by atoms with E-state index in [2.05, 4.69) is 88.2 Å². The molecule has 0 bridgehead atoms. The first kappa shape index (κ1) is 27.8. The molecule has 0 heteroatoms. The molecule has 0 aromatic heterocycles. The first-order chi connectivity index (χ1) is 17.6. The van der Waals surface area contributed by atoms with E-state index in [0.717, 1.165) is 25.2 Å². The first-order valence-electron chi connectivity index (χ1n) is 14.3. The third kappa shape index (κ3) is 7.61. The molecule has 0 saturated heterocycles. The fourth-order valence-corrected chi connectivity index (χ4v) is 5.75. The SMILES string of the molecule is C#C/C=C(\C=C/C)C1=C(c2ccc(CC3CCCC3)cc2)c2ccc(C)cc2CCC1.CCCCC. The average Bonchev–Trinajstić information content (AvgIpc) is 3.32. The molecule has 0 heterocycles. The van der Waals surface area contributed by atoms with Crippen molar-refractivity contribution in [2.75, 3.05) is 0 Å². The van der Waals surface area contributed by atoms with Gasteiger partial charge < -0.3 is 0 Å². The van der Waals surface area contributed by atoms with Gasteiger partial charge in [0.15, 0.2) is 0 Å². The van der Waals surface area contributed by atoms with Gasteiger partial charge in [0.2, 0.25) is 0 Å². The maximum absolute atomic E-state index is 5.72.